The van der Waals surface area contributed by atoms with Crippen LogP contribution in [-0.2, 0) is 6.42 Å². The van der Waals surface area contributed by atoms with Gasteiger partial charge in [-0.25, -0.2) is 0 Å². The fourth-order valence-electron chi connectivity index (χ4n) is 4.75. The zero-order valence-corrected chi connectivity index (χ0v) is 15.2. The molecule has 0 radical (unpaired) electrons. The molecule has 1 saturated heterocycles. The van der Waals surface area contributed by atoms with Crippen LogP contribution in [0.2, 0.25) is 0 Å². The van der Waals surface area contributed by atoms with Gasteiger partial charge in [0.05, 0.1) is 13.2 Å². The van der Waals surface area contributed by atoms with Crippen molar-refractivity contribution in [2.45, 2.75) is 38.3 Å². The number of fused-ring (bicyclic) bond motifs is 4. The summed E-state index contributed by atoms with van der Waals surface area (Å²) < 4.78 is 11.6. The van der Waals surface area contributed by atoms with Crippen LogP contribution < -0.4 is 9.64 Å². The molecule has 132 valence electrons. The Hall–Kier alpha value is -2.68. The van der Waals surface area contributed by atoms with E-state index in [0.717, 1.165) is 23.7 Å². The van der Waals surface area contributed by atoms with E-state index in [4.69, 9.17) is 9.15 Å². The molecule has 0 saturated carbocycles. The Morgan fingerprint density at radius 3 is 2.50 bits per heavy atom. The number of aryl methyl sites for hydroxylation is 1. The summed E-state index contributed by atoms with van der Waals surface area (Å²) in [4.78, 5) is 2.60. The molecule has 0 aliphatic carbocycles. The van der Waals surface area contributed by atoms with Gasteiger partial charge in [0.2, 0.25) is 0 Å². The Labute approximate surface area is 154 Å². The molecule has 3 heterocycles. The number of hydrogen-bond acceptors (Lipinski definition) is 3. The Balaban J connectivity index is 1.61. The Morgan fingerprint density at radius 2 is 1.77 bits per heavy atom. The molecule has 2 aliphatic rings. The number of nitrogens with zero attached hydrogens (tertiary/aromatic N) is 1. The molecular formula is C23H23NO2. The Morgan fingerprint density at radius 1 is 1.00 bits per heavy atom. The van der Waals surface area contributed by atoms with Crippen LogP contribution in [0.25, 0.3) is 11.3 Å². The molecule has 2 atom stereocenters. The minimum Gasteiger partial charge on any atom is -0.497 e. The summed E-state index contributed by atoms with van der Waals surface area (Å²) >= 11 is 0. The van der Waals surface area contributed by atoms with Crippen LogP contribution in [-0.4, -0.2) is 13.2 Å². The highest BCUT2D eigenvalue weighted by Gasteiger charge is 2.43. The molecule has 3 heteroatoms. The van der Waals surface area contributed by atoms with E-state index < -0.39 is 0 Å². The molecule has 2 aliphatic heterocycles. The lowest BCUT2D eigenvalue weighted by Crippen LogP contribution is -2.37. The number of hydrogen-bond donors (Lipinski definition) is 0. The molecule has 0 N–H and O–H groups in total. The van der Waals surface area contributed by atoms with E-state index in [9.17, 15) is 0 Å². The monoisotopic (exact) mass is 345 g/mol. The van der Waals surface area contributed by atoms with E-state index in [2.05, 4.69) is 66.4 Å². The van der Waals surface area contributed by atoms with Gasteiger partial charge in [0.25, 0.3) is 0 Å². The topological polar surface area (TPSA) is 25.6 Å². The van der Waals surface area contributed by atoms with Crippen LogP contribution in [0.1, 0.15) is 35.8 Å². The van der Waals surface area contributed by atoms with Crippen molar-refractivity contribution in [3.63, 3.8) is 0 Å². The second kappa shape index (κ2) is 5.94. The fourth-order valence-corrected chi connectivity index (χ4v) is 4.75. The van der Waals surface area contributed by atoms with Crippen molar-refractivity contribution in [2.75, 3.05) is 12.0 Å². The van der Waals surface area contributed by atoms with Crippen LogP contribution >= 0.6 is 0 Å². The Bertz CT molecular complexity index is 927. The third-order valence-corrected chi connectivity index (χ3v) is 5.93. The second-order valence-corrected chi connectivity index (χ2v) is 7.30. The SMILES string of the molecule is COc1ccc(N2[C@H]3CC[C@@H]2c2c(-c4ccccc4)oc(C)c2C3)cc1. The lowest BCUT2D eigenvalue weighted by molar-refractivity contribution is 0.414. The number of ether oxygens (including phenoxy) is 1. The first kappa shape index (κ1) is 15.6. The van der Waals surface area contributed by atoms with Crippen LogP contribution in [0.3, 0.4) is 0 Å². The van der Waals surface area contributed by atoms with E-state index >= 15 is 0 Å². The summed E-state index contributed by atoms with van der Waals surface area (Å²) in [6, 6.07) is 20.0. The summed E-state index contributed by atoms with van der Waals surface area (Å²) in [6.07, 6.45) is 3.49. The molecule has 5 rings (SSSR count). The van der Waals surface area contributed by atoms with E-state index in [1.165, 1.54) is 35.2 Å². The quantitative estimate of drug-likeness (QED) is 0.624. The zero-order valence-electron chi connectivity index (χ0n) is 15.2. The molecule has 0 amide bonds. The highest BCUT2D eigenvalue weighted by Crippen LogP contribution is 2.51. The van der Waals surface area contributed by atoms with Gasteiger partial charge >= 0.3 is 0 Å². The molecule has 26 heavy (non-hydrogen) atoms. The van der Waals surface area contributed by atoms with Crippen molar-refractivity contribution >= 4 is 5.69 Å². The minimum absolute atomic E-state index is 0.393. The normalized spacial score (nSPS) is 20.9. The predicted octanol–water partition coefficient (Wildman–Crippen LogP) is 5.53. The number of methoxy groups -OCH3 is 1. The zero-order chi connectivity index (χ0) is 17.7. The molecule has 1 aromatic heterocycles. The number of anilines is 1. The Kier molecular flexibility index (Phi) is 3.56. The number of rotatable bonds is 3. The van der Waals surface area contributed by atoms with Crippen molar-refractivity contribution in [3.8, 4) is 17.1 Å². The van der Waals surface area contributed by atoms with Crippen molar-refractivity contribution < 1.29 is 9.15 Å². The first-order valence-electron chi connectivity index (χ1n) is 9.36. The van der Waals surface area contributed by atoms with E-state index in [-0.39, 0.29) is 0 Å². The average molecular weight is 345 g/mol. The van der Waals surface area contributed by atoms with Gasteiger partial charge in [-0.3, -0.25) is 0 Å². The average Bonchev–Trinajstić information content (AvgIpc) is 3.19. The van der Waals surface area contributed by atoms with Gasteiger partial charge in [0.15, 0.2) is 0 Å². The molecule has 2 bridgehead atoms. The van der Waals surface area contributed by atoms with Gasteiger partial charge in [-0.1, -0.05) is 30.3 Å². The molecule has 0 unspecified atom stereocenters. The van der Waals surface area contributed by atoms with Crippen molar-refractivity contribution in [2.24, 2.45) is 0 Å². The van der Waals surface area contributed by atoms with Gasteiger partial charge in [-0.2, -0.15) is 0 Å². The fraction of sp³-hybridized carbons (Fsp3) is 0.304. The number of benzene rings is 2. The summed E-state index contributed by atoms with van der Waals surface area (Å²) in [5.41, 5.74) is 5.29. The van der Waals surface area contributed by atoms with Gasteiger partial charge < -0.3 is 14.1 Å². The first-order valence-corrected chi connectivity index (χ1v) is 9.36. The number of furan rings is 1. The maximum absolute atomic E-state index is 6.28. The minimum atomic E-state index is 0.393. The van der Waals surface area contributed by atoms with Crippen molar-refractivity contribution in [3.05, 3.63) is 71.5 Å². The highest BCUT2D eigenvalue weighted by molar-refractivity contribution is 5.69. The van der Waals surface area contributed by atoms with Crippen LogP contribution in [0.4, 0.5) is 5.69 Å². The summed E-state index contributed by atoms with van der Waals surface area (Å²) in [5.74, 6) is 3.05. The lowest BCUT2D eigenvalue weighted by atomic mass is 9.91. The molecule has 3 nitrogen and oxygen atoms in total. The molecule has 3 aromatic rings. The third kappa shape index (κ3) is 2.27. The third-order valence-electron chi connectivity index (χ3n) is 5.93. The summed E-state index contributed by atoms with van der Waals surface area (Å²) in [7, 11) is 1.71. The van der Waals surface area contributed by atoms with Crippen molar-refractivity contribution in [1.29, 1.82) is 0 Å². The van der Waals surface area contributed by atoms with Crippen LogP contribution in [0, 0.1) is 6.92 Å². The van der Waals surface area contributed by atoms with Gasteiger partial charge in [0.1, 0.15) is 17.3 Å². The van der Waals surface area contributed by atoms with E-state index in [0.29, 0.717) is 12.1 Å². The standard InChI is InChI=1S/C23H23NO2/c1-15-20-14-18-10-13-21(24(18)17-8-11-19(25-2)12-9-17)22(20)23(26-15)16-6-4-3-5-7-16/h3-9,11-12,18,21H,10,13-14H2,1-2H3/t18-,21+/m0/s1. The second-order valence-electron chi connectivity index (χ2n) is 7.30. The predicted molar refractivity (Wildman–Crippen MR) is 104 cm³/mol. The lowest BCUT2D eigenvalue weighted by Gasteiger charge is -2.37. The maximum Gasteiger partial charge on any atom is 0.139 e. The van der Waals surface area contributed by atoms with Gasteiger partial charge in [0, 0.05) is 28.4 Å². The summed E-state index contributed by atoms with van der Waals surface area (Å²) in [6.45, 7) is 2.12. The van der Waals surface area contributed by atoms with Gasteiger partial charge in [-0.05, 0) is 50.5 Å². The van der Waals surface area contributed by atoms with Crippen LogP contribution in [0.15, 0.2) is 59.0 Å². The maximum atomic E-state index is 6.28. The van der Waals surface area contributed by atoms with Gasteiger partial charge in [-0.15, -0.1) is 0 Å². The molecular weight excluding hydrogens is 322 g/mol. The molecule has 0 spiro atoms. The molecule has 2 aromatic carbocycles. The highest BCUT2D eigenvalue weighted by atomic mass is 16.5. The van der Waals surface area contributed by atoms with E-state index in [1.54, 1.807) is 7.11 Å². The van der Waals surface area contributed by atoms with Crippen molar-refractivity contribution in [1.82, 2.24) is 0 Å². The summed E-state index contributed by atoms with van der Waals surface area (Å²) in [5, 5.41) is 0. The van der Waals surface area contributed by atoms with Crippen LogP contribution in [0.5, 0.6) is 5.75 Å². The van der Waals surface area contributed by atoms with E-state index in [1.807, 2.05) is 0 Å². The molecule has 1 fully saturated rings. The largest absolute Gasteiger partial charge is 0.497 e. The smallest absolute Gasteiger partial charge is 0.139 e. The first-order chi connectivity index (χ1) is 12.8.